The van der Waals surface area contributed by atoms with Crippen molar-refractivity contribution < 1.29 is 14.7 Å². The van der Waals surface area contributed by atoms with E-state index >= 15 is 0 Å². The quantitative estimate of drug-likeness (QED) is 0.714. The van der Waals surface area contributed by atoms with E-state index < -0.39 is 12.0 Å². The minimum atomic E-state index is -0.988. The number of carboxylic acid groups (broad SMARTS) is 1. The van der Waals surface area contributed by atoms with Crippen LogP contribution in [0.1, 0.15) is 39.0 Å². The Kier molecular flexibility index (Phi) is 6.32. The van der Waals surface area contributed by atoms with Crippen molar-refractivity contribution >= 4 is 23.8 Å². The molecule has 3 unspecified atom stereocenters. The summed E-state index contributed by atoms with van der Waals surface area (Å²) < 4.78 is 0. The van der Waals surface area contributed by atoms with Gasteiger partial charge in [-0.2, -0.15) is 11.8 Å². The summed E-state index contributed by atoms with van der Waals surface area (Å²) in [5.74, 6) is -0.988. The van der Waals surface area contributed by atoms with Crippen LogP contribution in [0.4, 0.5) is 4.79 Å². The van der Waals surface area contributed by atoms with Crippen LogP contribution in [0, 0.1) is 0 Å². The van der Waals surface area contributed by atoms with Gasteiger partial charge in [0.05, 0.1) is 0 Å². The summed E-state index contributed by atoms with van der Waals surface area (Å²) in [5, 5.41) is 14.7. The van der Waals surface area contributed by atoms with E-state index in [9.17, 15) is 9.59 Å². The Labute approximate surface area is 112 Å². The maximum absolute atomic E-state index is 11.8. The SMILES string of the molecule is CCC(NC(=O)NC1CCCCC1SC)C(=O)O. The minimum Gasteiger partial charge on any atom is -0.480 e. The third-order valence-corrected chi connectivity index (χ3v) is 4.50. The van der Waals surface area contributed by atoms with Crippen molar-refractivity contribution in [1.29, 1.82) is 0 Å². The summed E-state index contributed by atoms with van der Waals surface area (Å²) in [6.45, 7) is 1.74. The standard InChI is InChI=1S/C12H22N2O3S/c1-3-8(11(15)16)13-12(17)14-9-6-4-5-7-10(9)18-2/h8-10H,3-7H2,1-2H3,(H,15,16)(H2,13,14,17). The van der Waals surface area contributed by atoms with Gasteiger partial charge < -0.3 is 15.7 Å². The molecule has 0 aromatic rings. The van der Waals surface area contributed by atoms with Gasteiger partial charge in [-0.15, -0.1) is 0 Å². The first-order valence-electron chi connectivity index (χ1n) is 6.41. The molecule has 2 amide bonds. The van der Waals surface area contributed by atoms with Gasteiger partial charge in [-0.3, -0.25) is 0 Å². The molecule has 5 nitrogen and oxygen atoms in total. The Balaban J connectivity index is 2.45. The predicted molar refractivity (Wildman–Crippen MR) is 72.9 cm³/mol. The first-order chi connectivity index (χ1) is 8.58. The van der Waals surface area contributed by atoms with E-state index in [1.807, 2.05) is 0 Å². The summed E-state index contributed by atoms with van der Waals surface area (Å²) in [4.78, 5) is 22.6. The fraction of sp³-hybridized carbons (Fsp3) is 0.833. The first-order valence-corrected chi connectivity index (χ1v) is 7.69. The van der Waals surface area contributed by atoms with Crippen LogP contribution in [0.25, 0.3) is 0 Å². The maximum atomic E-state index is 11.8. The fourth-order valence-electron chi connectivity index (χ4n) is 2.25. The van der Waals surface area contributed by atoms with Gasteiger partial charge in [-0.1, -0.05) is 19.8 Å². The zero-order valence-electron chi connectivity index (χ0n) is 10.9. The molecule has 3 atom stereocenters. The molecule has 0 heterocycles. The third kappa shape index (κ3) is 4.40. The molecule has 104 valence electrons. The average Bonchev–Trinajstić information content (AvgIpc) is 2.36. The molecular formula is C12H22N2O3S. The molecule has 6 heteroatoms. The van der Waals surface area contributed by atoms with Crippen LogP contribution < -0.4 is 10.6 Å². The molecule has 18 heavy (non-hydrogen) atoms. The lowest BCUT2D eigenvalue weighted by Crippen LogP contribution is -2.52. The molecule has 1 rings (SSSR count). The highest BCUT2D eigenvalue weighted by molar-refractivity contribution is 7.99. The van der Waals surface area contributed by atoms with Gasteiger partial charge in [-0.25, -0.2) is 9.59 Å². The van der Waals surface area contributed by atoms with Gasteiger partial charge in [0.25, 0.3) is 0 Å². The van der Waals surface area contributed by atoms with Crippen LogP contribution >= 0.6 is 11.8 Å². The summed E-state index contributed by atoms with van der Waals surface area (Å²) >= 11 is 1.77. The third-order valence-electron chi connectivity index (χ3n) is 3.33. The Hall–Kier alpha value is -0.910. The van der Waals surface area contributed by atoms with Gasteiger partial charge in [-0.05, 0) is 25.5 Å². The van der Waals surface area contributed by atoms with Crippen molar-refractivity contribution in [2.45, 2.75) is 56.4 Å². The van der Waals surface area contributed by atoms with E-state index in [4.69, 9.17) is 5.11 Å². The Morgan fingerprint density at radius 2 is 2.06 bits per heavy atom. The zero-order valence-corrected chi connectivity index (χ0v) is 11.8. The Morgan fingerprint density at radius 1 is 1.39 bits per heavy atom. The number of hydrogen-bond acceptors (Lipinski definition) is 3. The van der Waals surface area contributed by atoms with Crippen LogP contribution in [0.2, 0.25) is 0 Å². The largest absolute Gasteiger partial charge is 0.480 e. The molecule has 0 bridgehead atoms. The Bertz CT molecular complexity index is 299. The van der Waals surface area contributed by atoms with Gasteiger partial charge in [0.2, 0.25) is 0 Å². The zero-order chi connectivity index (χ0) is 13.5. The number of thioether (sulfide) groups is 1. The minimum absolute atomic E-state index is 0.153. The van der Waals surface area contributed by atoms with E-state index in [-0.39, 0.29) is 12.1 Å². The number of carbonyl (C=O) groups is 2. The molecular weight excluding hydrogens is 252 g/mol. The lowest BCUT2D eigenvalue weighted by Gasteiger charge is -2.31. The molecule has 0 aliphatic heterocycles. The van der Waals surface area contributed by atoms with Crippen molar-refractivity contribution in [1.82, 2.24) is 10.6 Å². The highest BCUT2D eigenvalue weighted by atomic mass is 32.2. The number of rotatable bonds is 5. The topological polar surface area (TPSA) is 78.4 Å². The van der Waals surface area contributed by atoms with Crippen molar-refractivity contribution in [2.75, 3.05) is 6.26 Å². The summed E-state index contributed by atoms with van der Waals surface area (Å²) in [6, 6.07) is -1.02. The number of nitrogens with one attached hydrogen (secondary N) is 2. The Morgan fingerprint density at radius 3 is 2.61 bits per heavy atom. The van der Waals surface area contributed by atoms with E-state index in [0.29, 0.717) is 11.7 Å². The molecule has 0 spiro atoms. The van der Waals surface area contributed by atoms with Crippen LogP contribution in [0.5, 0.6) is 0 Å². The molecule has 1 fully saturated rings. The second-order valence-corrected chi connectivity index (χ2v) is 5.66. The number of carbonyl (C=O) groups excluding carboxylic acids is 1. The smallest absolute Gasteiger partial charge is 0.326 e. The van der Waals surface area contributed by atoms with Gasteiger partial charge in [0.15, 0.2) is 0 Å². The molecule has 3 N–H and O–H groups in total. The highest BCUT2D eigenvalue weighted by Gasteiger charge is 2.26. The van der Waals surface area contributed by atoms with Crippen molar-refractivity contribution in [3.63, 3.8) is 0 Å². The number of amides is 2. The monoisotopic (exact) mass is 274 g/mol. The second-order valence-electron chi connectivity index (χ2n) is 4.58. The van der Waals surface area contributed by atoms with Gasteiger partial charge in [0, 0.05) is 11.3 Å². The molecule has 1 aliphatic carbocycles. The van der Waals surface area contributed by atoms with E-state index in [1.54, 1.807) is 18.7 Å². The van der Waals surface area contributed by atoms with Crippen molar-refractivity contribution in [3.8, 4) is 0 Å². The number of urea groups is 1. The molecule has 1 saturated carbocycles. The van der Waals surface area contributed by atoms with E-state index in [0.717, 1.165) is 19.3 Å². The van der Waals surface area contributed by atoms with Crippen LogP contribution in [-0.2, 0) is 4.79 Å². The van der Waals surface area contributed by atoms with Crippen molar-refractivity contribution in [2.24, 2.45) is 0 Å². The summed E-state index contributed by atoms with van der Waals surface area (Å²) in [6.07, 6.45) is 6.86. The lowest BCUT2D eigenvalue weighted by molar-refractivity contribution is -0.139. The normalized spacial score (nSPS) is 25.2. The molecule has 0 saturated heterocycles. The van der Waals surface area contributed by atoms with Crippen molar-refractivity contribution in [3.05, 3.63) is 0 Å². The number of hydrogen-bond donors (Lipinski definition) is 3. The average molecular weight is 274 g/mol. The maximum Gasteiger partial charge on any atom is 0.326 e. The van der Waals surface area contributed by atoms with E-state index in [1.165, 1.54) is 6.42 Å². The number of aliphatic carboxylic acids is 1. The van der Waals surface area contributed by atoms with Crippen LogP contribution in [-0.4, -0.2) is 40.7 Å². The highest BCUT2D eigenvalue weighted by Crippen LogP contribution is 2.26. The fourth-order valence-corrected chi connectivity index (χ4v) is 3.19. The molecule has 1 aliphatic rings. The van der Waals surface area contributed by atoms with Crippen LogP contribution in [0.15, 0.2) is 0 Å². The molecule has 0 aromatic carbocycles. The second kappa shape index (κ2) is 7.51. The summed E-state index contributed by atoms with van der Waals surface area (Å²) in [5.41, 5.74) is 0. The van der Waals surface area contributed by atoms with E-state index in [2.05, 4.69) is 16.9 Å². The van der Waals surface area contributed by atoms with Gasteiger partial charge in [0.1, 0.15) is 6.04 Å². The predicted octanol–water partition coefficient (Wildman–Crippen LogP) is 1.82. The molecule has 0 aromatic heterocycles. The molecule has 0 radical (unpaired) electrons. The van der Waals surface area contributed by atoms with Gasteiger partial charge >= 0.3 is 12.0 Å². The lowest BCUT2D eigenvalue weighted by atomic mass is 9.95. The summed E-state index contributed by atoms with van der Waals surface area (Å²) in [7, 11) is 0. The van der Waals surface area contributed by atoms with Crippen LogP contribution in [0.3, 0.4) is 0 Å². The number of carboxylic acids is 1. The first kappa shape index (κ1) is 15.1.